The third-order valence-electron chi connectivity index (χ3n) is 5.08. The Morgan fingerprint density at radius 3 is 2.68 bits per heavy atom. The van der Waals surface area contributed by atoms with E-state index in [9.17, 15) is 9.59 Å². The van der Waals surface area contributed by atoms with Gasteiger partial charge in [0.1, 0.15) is 0 Å². The molecule has 1 aliphatic heterocycles. The second-order valence-corrected chi connectivity index (χ2v) is 9.16. The fourth-order valence-electron chi connectivity index (χ4n) is 3.64. The maximum absolute atomic E-state index is 13.2. The largest absolute Gasteiger partial charge is 0.325 e. The van der Waals surface area contributed by atoms with E-state index in [-0.39, 0.29) is 17.2 Å². The predicted octanol–water partition coefficient (Wildman–Crippen LogP) is 4.76. The first kappa shape index (κ1) is 19.9. The molecule has 7 heteroatoms. The maximum atomic E-state index is 13.2. The van der Waals surface area contributed by atoms with Gasteiger partial charge in [0.2, 0.25) is 5.91 Å². The van der Waals surface area contributed by atoms with Crippen LogP contribution in [0.15, 0.2) is 87.6 Å². The van der Waals surface area contributed by atoms with Gasteiger partial charge in [-0.25, -0.2) is 4.98 Å². The Labute approximate surface area is 187 Å². The molecule has 1 amide bonds. The van der Waals surface area contributed by atoms with Crippen molar-refractivity contribution in [3.05, 3.63) is 88.8 Å². The number of hydrogen-bond donors (Lipinski definition) is 1. The maximum Gasteiger partial charge on any atom is 0.272 e. The number of aryl methyl sites for hydroxylation is 1. The molecule has 31 heavy (non-hydrogen) atoms. The van der Waals surface area contributed by atoms with Crippen LogP contribution in [0.3, 0.4) is 0 Å². The predicted molar refractivity (Wildman–Crippen MR) is 128 cm³/mol. The summed E-state index contributed by atoms with van der Waals surface area (Å²) < 4.78 is 1.62. The molecule has 0 aliphatic carbocycles. The zero-order chi connectivity index (χ0) is 21.2. The van der Waals surface area contributed by atoms with Crippen molar-refractivity contribution in [2.24, 2.45) is 0 Å². The molecular formula is C24H19N3O2S2. The third-order valence-corrected chi connectivity index (χ3v) is 7.12. The minimum Gasteiger partial charge on any atom is -0.325 e. The number of aromatic nitrogens is 2. The summed E-state index contributed by atoms with van der Waals surface area (Å²) in [5, 5.41) is 5.62. The van der Waals surface area contributed by atoms with Gasteiger partial charge in [0.05, 0.1) is 22.0 Å². The molecule has 5 nitrogen and oxygen atoms in total. The zero-order valence-electron chi connectivity index (χ0n) is 16.6. The summed E-state index contributed by atoms with van der Waals surface area (Å²) in [5.41, 5.74) is 2.31. The molecule has 0 unspecified atom stereocenters. The molecule has 1 aliphatic rings. The first-order chi connectivity index (χ1) is 15.2. The summed E-state index contributed by atoms with van der Waals surface area (Å²) in [6.45, 7) is 0. The standard InChI is InChI=1S/C24H19N3O2S2/c28-21(25-19-12-6-8-16-7-4-5-11-18(16)19)15-31-24-26-20-13-14-30-22(20)23(29)27(24)17-9-2-1-3-10-17/h1-12H,13-15H2,(H,25,28). The molecule has 0 atom stereocenters. The van der Waals surface area contributed by atoms with E-state index >= 15 is 0 Å². The van der Waals surface area contributed by atoms with E-state index in [4.69, 9.17) is 4.98 Å². The molecule has 0 bridgehead atoms. The fourth-order valence-corrected chi connectivity index (χ4v) is 5.50. The molecule has 1 N–H and O–H groups in total. The molecule has 4 aromatic rings. The lowest BCUT2D eigenvalue weighted by Gasteiger charge is -2.14. The lowest BCUT2D eigenvalue weighted by Crippen LogP contribution is -2.24. The monoisotopic (exact) mass is 445 g/mol. The number of nitrogens with one attached hydrogen (secondary N) is 1. The molecule has 1 aromatic heterocycles. The van der Waals surface area contributed by atoms with Gasteiger partial charge in [-0.15, -0.1) is 11.8 Å². The first-order valence-corrected chi connectivity index (χ1v) is 11.9. The number of carbonyl (C=O) groups is 1. The molecule has 2 heterocycles. The average molecular weight is 446 g/mol. The number of nitrogens with zero attached hydrogens (tertiary/aromatic N) is 2. The van der Waals surface area contributed by atoms with Crippen LogP contribution in [0.2, 0.25) is 0 Å². The molecule has 5 rings (SSSR count). The highest BCUT2D eigenvalue weighted by atomic mass is 32.2. The van der Waals surface area contributed by atoms with Gasteiger partial charge in [-0.1, -0.05) is 66.4 Å². The molecule has 0 fully saturated rings. The van der Waals surface area contributed by atoms with Crippen molar-refractivity contribution in [2.75, 3.05) is 16.8 Å². The van der Waals surface area contributed by atoms with E-state index < -0.39 is 0 Å². The van der Waals surface area contributed by atoms with E-state index in [0.717, 1.165) is 40.0 Å². The van der Waals surface area contributed by atoms with Crippen LogP contribution in [0.5, 0.6) is 0 Å². The number of thioether (sulfide) groups is 2. The highest BCUT2D eigenvalue weighted by molar-refractivity contribution is 8.00. The summed E-state index contributed by atoms with van der Waals surface area (Å²) >= 11 is 2.84. The van der Waals surface area contributed by atoms with Crippen molar-refractivity contribution < 1.29 is 4.79 Å². The number of fused-ring (bicyclic) bond motifs is 2. The van der Waals surface area contributed by atoms with Crippen molar-refractivity contribution in [1.29, 1.82) is 0 Å². The summed E-state index contributed by atoms with van der Waals surface area (Å²) in [5.74, 6) is 0.890. The van der Waals surface area contributed by atoms with Crippen LogP contribution in [-0.4, -0.2) is 27.0 Å². The highest BCUT2D eigenvalue weighted by Crippen LogP contribution is 2.30. The van der Waals surface area contributed by atoms with Crippen molar-refractivity contribution in [1.82, 2.24) is 9.55 Å². The summed E-state index contributed by atoms with van der Waals surface area (Å²) in [6.07, 6.45) is 0.778. The van der Waals surface area contributed by atoms with Crippen LogP contribution in [0, 0.1) is 0 Å². The van der Waals surface area contributed by atoms with Gasteiger partial charge >= 0.3 is 0 Å². The quantitative estimate of drug-likeness (QED) is 0.354. The summed E-state index contributed by atoms with van der Waals surface area (Å²) in [7, 11) is 0. The van der Waals surface area contributed by atoms with Gasteiger partial charge in [0.25, 0.3) is 5.56 Å². The molecule has 154 valence electrons. The van der Waals surface area contributed by atoms with Crippen molar-refractivity contribution in [3.8, 4) is 5.69 Å². The lowest BCUT2D eigenvalue weighted by molar-refractivity contribution is -0.113. The van der Waals surface area contributed by atoms with Gasteiger partial charge in [-0.2, -0.15) is 0 Å². The Hall–Kier alpha value is -3.03. The fraction of sp³-hybridized carbons (Fsp3) is 0.125. The van der Waals surface area contributed by atoms with Crippen LogP contribution >= 0.6 is 23.5 Å². The number of anilines is 1. The van der Waals surface area contributed by atoms with E-state index in [0.29, 0.717) is 10.1 Å². The Balaban J connectivity index is 1.42. The van der Waals surface area contributed by atoms with E-state index in [1.54, 1.807) is 16.3 Å². The van der Waals surface area contributed by atoms with Gasteiger partial charge in [0, 0.05) is 23.2 Å². The zero-order valence-corrected chi connectivity index (χ0v) is 18.2. The smallest absolute Gasteiger partial charge is 0.272 e. The number of para-hydroxylation sites is 1. The number of carbonyl (C=O) groups excluding carboxylic acids is 1. The molecule has 3 aromatic carbocycles. The molecular weight excluding hydrogens is 426 g/mol. The van der Waals surface area contributed by atoms with Gasteiger partial charge in [0.15, 0.2) is 5.16 Å². The van der Waals surface area contributed by atoms with Crippen molar-refractivity contribution in [3.63, 3.8) is 0 Å². The lowest BCUT2D eigenvalue weighted by atomic mass is 10.1. The second-order valence-electron chi connectivity index (χ2n) is 7.11. The highest BCUT2D eigenvalue weighted by Gasteiger charge is 2.23. The number of rotatable bonds is 5. The Morgan fingerprint density at radius 2 is 1.81 bits per heavy atom. The summed E-state index contributed by atoms with van der Waals surface area (Å²) in [4.78, 5) is 31.4. The Morgan fingerprint density at radius 1 is 1.03 bits per heavy atom. The van der Waals surface area contributed by atoms with Gasteiger partial charge in [-0.3, -0.25) is 14.2 Å². The average Bonchev–Trinajstić information content (AvgIpc) is 3.28. The van der Waals surface area contributed by atoms with Crippen LogP contribution in [0.25, 0.3) is 16.5 Å². The normalized spacial score (nSPS) is 12.6. The van der Waals surface area contributed by atoms with Crippen LogP contribution in [0.1, 0.15) is 5.69 Å². The third kappa shape index (κ3) is 3.98. The number of amides is 1. The minimum atomic E-state index is -0.134. The van der Waals surface area contributed by atoms with Gasteiger partial charge in [-0.05, 0) is 23.6 Å². The summed E-state index contributed by atoms with van der Waals surface area (Å²) in [6, 6.07) is 23.3. The second kappa shape index (κ2) is 8.61. The Bertz CT molecular complexity index is 1330. The van der Waals surface area contributed by atoms with Gasteiger partial charge < -0.3 is 5.32 Å². The van der Waals surface area contributed by atoms with E-state index in [2.05, 4.69) is 5.32 Å². The number of benzene rings is 3. The van der Waals surface area contributed by atoms with Crippen molar-refractivity contribution in [2.45, 2.75) is 16.5 Å². The Kier molecular flexibility index (Phi) is 5.53. The van der Waals surface area contributed by atoms with Crippen LogP contribution in [0.4, 0.5) is 5.69 Å². The van der Waals surface area contributed by atoms with Crippen LogP contribution < -0.4 is 10.9 Å². The van der Waals surface area contributed by atoms with Crippen molar-refractivity contribution >= 4 is 45.9 Å². The van der Waals surface area contributed by atoms with E-state index in [1.165, 1.54) is 11.8 Å². The molecule has 0 radical (unpaired) electrons. The van der Waals surface area contributed by atoms with E-state index in [1.807, 2.05) is 72.8 Å². The molecule has 0 spiro atoms. The van der Waals surface area contributed by atoms with Crippen LogP contribution in [-0.2, 0) is 11.2 Å². The SMILES string of the molecule is O=C(CSc1nc2c(c(=O)n1-c1ccccc1)SCC2)Nc1cccc2ccccc12. The molecule has 0 saturated heterocycles. The minimum absolute atomic E-state index is 0.0596. The molecule has 0 saturated carbocycles. The number of hydrogen-bond acceptors (Lipinski definition) is 5. The topological polar surface area (TPSA) is 64.0 Å². The first-order valence-electron chi connectivity index (χ1n) is 9.95.